The molecule has 0 spiro atoms. The molecule has 1 aromatic heterocycles. The third kappa shape index (κ3) is 7.57. The van der Waals surface area contributed by atoms with Crippen molar-refractivity contribution in [3.05, 3.63) is 162 Å². The van der Waals surface area contributed by atoms with Gasteiger partial charge in [-0.25, -0.2) is 0 Å². The first-order valence-corrected chi connectivity index (χ1v) is 18.6. The fourth-order valence-corrected chi connectivity index (χ4v) is 7.12. The molecule has 250 valence electrons. The van der Waals surface area contributed by atoms with Crippen LogP contribution in [0.3, 0.4) is 0 Å². The number of benzene rings is 6. The summed E-state index contributed by atoms with van der Waals surface area (Å²) in [5.74, 6) is 0. The molecule has 4 heteroatoms. The standard InChI is InChI=1S/C46H44N2OS/c1-3-5-13-37-22-30-45-43(33-37)44-34-42(50-49-32-6-4-2)29-31-46(44)48(45)41-27-25-40(26-28-41)47(38-16-11-8-12-17-38)39-23-20-36(21-24-39)19-18-35-14-9-7-10-15-35/h7-12,14-31,33-34H,3-6,13,32H2,1-2H3/b19-18+. The molecule has 0 saturated heterocycles. The molecule has 0 fully saturated rings. The van der Waals surface area contributed by atoms with Gasteiger partial charge in [-0.1, -0.05) is 106 Å². The summed E-state index contributed by atoms with van der Waals surface area (Å²) in [7, 11) is 0. The predicted molar refractivity (Wildman–Crippen MR) is 216 cm³/mol. The molecule has 0 radical (unpaired) electrons. The van der Waals surface area contributed by atoms with E-state index in [9.17, 15) is 0 Å². The van der Waals surface area contributed by atoms with Gasteiger partial charge >= 0.3 is 0 Å². The number of para-hydroxylation sites is 1. The summed E-state index contributed by atoms with van der Waals surface area (Å²) in [6.07, 6.45) is 10.0. The number of unbranched alkanes of at least 4 members (excludes halogenated alkanes) is 2. The Kier molecular flexibility index (Phi) is 10.8. The van der Waals surface area contributed by atoms with E-state index in [-0.39, 0.29) is 0 Å². The first kappa shape index (κ1) is 33.5. The maximum Gasteiger partial charge on any atom is 0.0618 e. The highest BCUT2D eigenvalue weighted by atomic mass is 32.2. The topological polar surface area (TPSA) is 17.4 Å². The van der Waals surface area contributed by atoms with Crippen molar-refractivity contribution in [2.24, 2.45) is 0 Å². The molecule has 3 nitrogen and oxygen atoms in total. The number of rotatable bonds is 14. The molecule has 6 aromatic carbocycles. The van der Waals surface area contributed by atoms with Gasteiger partial charge < -0.3 is 13.7 Å². The van der Waals surface area contributed by atoms with E-state index in [2.05, 4.69) is 175 Å². The highest BCUT2D eigenvalue weighted by Crippen LogP contribution is 2.38. The molecule has 0 saturated carbocycles. The van der Waals surface area contributed by atoms with Crippen LogP contribution in [-0.2, 0) is 10.6 Å². The Morgan fingerprint density at radius 2 is 1.16 bits per heavy atom. The summed E-state index contributed by atoms with van der Waals surface area (Å²) in [5.41, 5.74) is 10.7. The van der Waals surface area contributed by atoms with Crippen LogP contribution in [0.5, 0.6) is 0 Å². The van der Waals surface area contributed by atoms with E-state index in [0.717, 1.165) is 53.5 Å². The number of anilines is 3. The minimum absolute atomic E-state index is 0.768. The Morgan fingerprint density at radius 3 is 1.84 bits per heavy atom. The van der Waals surface area contributed by atoms with Gasteiger partial charge in [-0.3, -0.25) is 0 Å². The summed E-state index contributed by atoms with van der Waals surface area (Å²) in [4.78, 5) is 3.46. The van der Waals surface area contributed by atoms with Crippen LogP contribution < -0.4 is 4.90 Å². The molecule has 7 aromatic rings. The van der Waals surface area contributed by atoms with Gasteiger partial charge in [0, 0.05) is 50.5 Å². The molecule has 7 rings (SSSR count). The Morgan fingerprint density at radius 1 is 0.580 bits per heavy atom. The van der Waals surface area contributed by atoms with Crippen molar-refractivity contribution < 1.29 is 4.18 Å². The molecule has 0 bridgehead atoms. The molecule has 50 heavy (non-hydrogen) atoms. The second-order valence-electron chi connectivity index (χ2n) is 12.8. The fraction of sp³-hybridized carbons (Fsp3) is 0.174. The average Bonchev–Trinajstić information content (AvgIpc) is 3.49. The predicted octanol–water partition coefficient (Wildman–Crippen LogP) is 13.6. The van der Waals surface area contributed by atoms with Gasteiger partial charge in [0.2, 0.25) is 0 Å². The van der Waals surface area contributed by atoms with Crippen molar-refractivity contribution in [1.82, 2.24) is 4.57 Å². The third-order valence-corrected chi connectivity index (χ3v) is 9.89. The van der Waals surface area contributed by atoms with Crippen molar-refractivity contribution >= 4 is 63.1 Å². The maximum absolute atomic E-state index is 5.94. The molecular formula is C46H44N2OS. The van der Waals surface area contributed by atoms with E-state index in [1.165, 1.54) is 63.4 Å². The lowest BCUT2D eigenvalue weighted by molar-refractivity contribution is 0.362. The van der Waals surface area contributed by atoms with Crippen LogP contribution in [-0.4, -0.2) is 11.2 Å². The summed E-state index contributed by atoms with van der Waals surface area (Å²) >= 11 is 1.49. The molecule has 0 N–H and O–H groups in total. The number of nitrogens with zero attached hydrogens (tertiary/aromatic N) is 2. The lowest BCUT2D eigenvalue weighted by Gasteiger charge is -2.26. The van der Waals surface area contributed by atoms with Crippen LogP contribution in [0.4, 0.5) is 17.1 Å². The van der Waals surface area contributed by atoms with Gasteiger partial charge in [-0.2, -0.15) is 0 Å². The van der Waals surface area contributed by atoms with Crippen molar-refractivity contribution in [3.63, 3.8) is 0 Å². The number of hydrogen-bond donors (Lipinski definition) is 0. The van der Waals surface area contributed by atoms with Crippen LogP contribution in [0.15, 0.2) is 150 Å². The molecule has 1 heterocycles. The lowest BCUT2D eigenvalue weighted by Crippen LogP contribution is -2.10. The van der Waals surface area contributed by atoms with Gasteiger partial charge in [0.15, 0.2) is 0 Å². The molecule has 0 aliphatic rings. The Bertz CT molecular complexity index is 2170. The average molecular weight is 673 g/mol. The zero-order chi connectivity index (χ0) is 34.1. The minimum atomic E-state index is 0.768. The molecule has 0 aliphatic carbocycles. The highest BCUT2D eigenvalue weighted by molar-refractivity contribution is 7.94. The molecule has 0 unspecified atom stereocenters. The second-order valence-corrected chi connectivity index (χ2v) is 13.6. The number of hydrogen-bond acceptors (Lipinski definition) is 3. The van der Waals surface area contributed by atoms with Crippen LogP contribution in [0.1, 0.15) is 56.2 Å². The maximum atomic E-state index is 5.94. The minimum Gasteiger partial charge on any atom is -0.311 e. The van der Waals surface area contributed by atoms with Crippen molar-refractivity contribution in [1.29, 1.82) is 0 Å². The molecule has 0 aliphatic heterocycles. The van der Waals surface area contributed by atoms with Crippen molar-refractivity contribution in [2.45, 2.75) is 50.8 Å². The summed E-state index contributed by atoms with van der Waals surface area (Å²) in [6.45, 7) is 5.22. The van der Waals surface area contributed by atoms with Crippen LogP contribution in [0, 0.1) is 0 Å². The van der Waals surface area contributed by atoms with Crippen LogP contribution in [0.25, 0.3) is 39.6 Å². The second kappa shape index (κ2) is 16.1. The Balaban J connectivity index is 1.24. The van der Waals surface area contributed by atoms with E-state index < -0.39 is 0 Å². The van der Waals surface area contributed by atoms with Gasteiger partial charge in [-0.05, 0) is 115 Å². The number of fused-ring (bicyclic) bond motifs is 3. The van der Waals surface area contributed by atoms with E-state index in [1.807, 2.05) is 6.07 Å². The van der Waals surface area contributed by atoms with Crippen LogP contribution >= 0.6 is 12.0 Å². The van der Waals surface area contributed by atoms with Crippen LogP contribution in [0.2, 0.25) is 0 Å². The van der Waals surface area contributed by atoms with E-state index in [0.29, 0.717) is 0 Å². The molecule has 0 amide bonds. The quantitative estimate of drug-likeness (QED) is 0.0650. The Labute approximate surface area is 301 Å². The van der Waals surface area contributed by atoms with Crippen molar-refractivity contribution in [3.8, 4) is 5.69 Å². The largest absolute Gasteiger partial charge is 0.311 e. The smallest absolute Gasteiger partial charge is 0.0618 e. The highest BCUT2D eigenvalue weighted by Gasteiger charge is 2.16. The zero-order valence-corrected chi connectivity index (χ0v) is 29.8. The Hall–Kier alpha value is -5.03. The van der Waals surface area contributed by atoms with Crippen molar-refractivity contribution in [2.75, 3.05) is 11.5 Å². The summed E-state index contributed by atoms with van der Waals surface area (Å²) < 4.78 is 8.34. The van der Waals surface area contributed by atoms with Gasteiger partial charge in [0.05, 0.1) is 17.6 Å². The normalized spacial score (nSPS) is 11.6. The molecular weight excluding hydrogens is 629 g/mol. The molecule has 0 atom stereocenters. The fourth-order valence-electron chi connectivity index (χ4n) is 6.50. The number of aromatic nitrogens is 1. The SMILES string of the molecule is CCCCOSc1ccc2c(c1)c1cc(CCCC)ccc1n2-c1ccc(N(c2ccccc2)c2ccc(/C=C/c3ccccc3)cc2)cc1. The van der Waals surface area contributed by atoms with Gasteiger partial charge in [-0.15, -0.1) is 0 Å². The lowest BCUT2D eigenvalue weighted by atomic mass is 10.0. The number of aryl methyl sites for hydroxylation is 1. The van der Waals surface area contributed by atoms with E-state index in [4.69, 9.17) is 4.18 Å². The monoisotopic (exact) mass is 672 g/mol. The van der Waals surface area contributed by atoms with E-state index in [1.54, 1.807) is 0 Å². The zero-order valence-electron chi connectivity index (χ0n) is 29.0. The van der Waals surface area contributed by atoms with Gasteiger partial charge in [0.25, 0.3) is 0 Å². The van der Waals surface area contributed by atoms with E-state index >= 15 is 0 Å². The summed E-state index contributed by atoms with van der Waals surface area (Å²) in [5, 5.41) is 2.56. The third-order valence-electron chi connectivity index (χ3n) is 9.16. The first-order valence-electron chi connectivity index (χ1n) is 17.9. The summed E-state index contributed by atoms with van der Waals surface area (Å²) in [6, 6.07) is 52.6. The first-order chi connectivity index (χ1) is 24.7. The van der Waals surface area contributed by atoms with Gasteiger partial charge in [0.1, 0.15) is 0 Å².